The fraction of sp³-hybridized carbons (Fsp3) is 0.333. The van der Waals surface area contributed by atoms with E-state index in [9.17, 15) is 31.1 Å². The number of nitrogens with one attached hydrogen (secondary N) is 1. The van der Waals surface area contributed by atoms with Crippen molar-refractivity contribution in [2.24, 2.45) is 0 Å². The summed E-state index contributed by atoms with van der Waals surface area (Å²) in [5.41, 5.74) is 1.10. The minimum atomic E-state index is -5.08. The minimum absolute atomic E-state index is 0.121. The van der Waals surface area contributed by atoms with Crippen LogP contribution in [0.15, 0.2) is 53.2 Å². The molecule has 1 fully saturated rings. The van der Waals surface area contributed by atoms with Gasteiger partial charge in [-0.2, -0.15) is 37.7 Å². The van der Waals surface area contributed by atoms with Crippen LogP contribution in [0.4, 0.5) is 26.3 Å². The Morgan fingerprint density at radius 3 is 2.27 bits per heavy atom. The standard InChI is InChI=1S/C22H21F3N2OS2.C2HF3O2/c23-22(24,25)17-3-1-2-16(12-17)19-4-5-20(30-19)21(28)26-18-6-9-27(10-7-18)13-15-8-11-29-14-15;3-2(4,5)1(6)7/h1-5,8,11-12,14,18H,6-7,9-10,13H2,(H,26,28);(H,6,7). The molecule has 1 saturated heterocycles. The van der Waals surface area contributed by atoms with Gasteiger partial charge in [0.05, 0.1) is 10.4 Å². The van der Waals surface area contributed by atoms with Gasteiger partial charge in [-0.1, -0.05) is 12.1 Å². The van der Waals surface area contributed by atoms with Crippen LogP contribution in [0, 0.1) is 0 Å². The lowest BCUT2D eigenvalue weighted by Gasteiger charge is -2.32. The first-order valence-corrected chi connectivity index (χ1v) is 12.7. The molecule has 1 aromatic carbocycles. The van der Waals surface area contributed by atoms with Gasteiger partial charge in [0.2, 0.25) is 0 Å². The van der Waals surface area contributed by atoms with Gasteiger partial charge in [-0.05, 0) is 65.1 Å². The number of hydrogen-bond acceptors (Lipinski definition) is 5. The van der Waals surface area contributed by atoms with Crippen LogP contribution in [0.1, 0.15) is 33.6 Å². The number of nitrogens with zero attached hydrogens (tertiary/aromatic N) is 1. The molecular weight excluding hydrogens is 542 g/mol. The van der Waals surface area contributed by atoms with Crippen molar-refractivity contribution in [3.63, 3.8) is 0 Å². The van der Waals surface area contributed by atoms with E-state index >= 15 is 0 Å². The molecule has 0 unspecified atom stereocenters. The Bertz CT molecular complexity index is 1180. The summed E-state index contributed by atoms with van der Waals surface area (Å²) in [6.45, 7) is 2.80. The number of carboxylic acid groups (broad SMARTS) is 1. The summed E-state index contributed by atoms with van der Waals surface area (Å²) in [6.07, 6.45) is -7.69. The molecule has 13 heteroatoms. The van der Waals surface area contributed by atoms with Gasteiger partial charge in [0, 0.05) is 30.6 Å². The third kappa shape index (κ3) is 8.58. The van der Waals surface area contributed by atoms with Crippen molar-refractivity contribution in [3.05, 3.63) is 69.2 Å². The summed E-state index contributed by atoms with van der Waals surface area (Å²) >= 11 is 2.92. The quantitative estimate of drug-likeness (QED) is 0.346. The molecule has 0 radical (unpaired) electrons. The number of benzene rings is 1. The Hall–Kier alpha value is -2.90. The first-order valence-electron chi connectivity index (χ1n) is 10.9. The van der Waals surface area contributed by atoms with Crippen molar-refractivity contribution in [2.45, 2.75) is 37.8 Å². The monoisotopic (exact) mass is 564 g/mol. The lowest BCUT2D eigenvalue weighted by atomic mass is 10.0. The second-order valence-electron chi connectivity index (χ2n) is 8.20. The summed E-state index contributed by atoms with van der Waals surface area (Å²) in [4.78, 5) is 25.1. The molecule has 5 nitrogen and oxygen atoms in total. The Morgan fingerprint density at radius 2 is 1.70 bits per heavy atom. The number of carbonyl (C=O) groups excluding carboxylic acids is 1. The van der Waals surface area contributed by atoms with E-state index in [1.54, 1.807) is 29.5 Å². The summed E-state index contributed by atoms with van der Waals surface area (Å²) in [6, 6.07) is 10.8. The van der Waals surface area contributed by atoms with E-state index in [-0.39, 0.29) is 11.9 Å². The molecule has 1 amide bonds. The number of rotatable bonds is 5. The molecule has 1 aliphatic heterocycles. The molecule has 2 aromatic heterocycles. The van der Waals surface area contributed by atoms with E-state index in [1.807, 2.05) is 0 Å². The van der Waals surface area contributed by atoms with Gasteiger partial charge in [0.15, 0.2) is 0 Å². The Kier molecular flexibility index (Phi) is 9.37. The van der Waals surface area contributed by atoms with Crippen LogP contribution in [-0.4, -0.2) is 47.2 Å². The number of piperidine rings is 1. The van der Waals surface area contributed by atoms with E-state index in [2.05, 4.69) is 27.0 Å². The Labute approximate surface area is 216 Å². The lowest BCUT2D eigenvalue weighted by Crippen LogP contribution is -2.44. The highest BCUT2D eigenvalue weighted by Gasteiger charge is 2.38. The molecule has 0 aliphatic carbocycles. The van der Waals surface area contributed by atoms with Gasteiger partial charge < -0.3 is 10.4 Å². The molecule has 200 valence electrons. The summed E-state index contributed by atoms with van der Waals surface area (Å²) in [5.74, 6) is -2.91. The molecule has 3 aromatic rings. The molecular formula is C24H22F6N2O3S2. The van der Waals surface area contributed by atoms with Crippen LogP contribution in [0.2, 0.25) is 0 Å². The molecule has 0 saturated carbocycles. The highest BCUT2D eigenvalue weighted by Crippen LogP contribution is 2.34. The minimum Gasteiger partial charge on any atom is -0.475 e. The third-order valence-corrected chi connectivity index (χ3v) is 7.32. The van der Waals surface area contributed by atoms with Crippen molar-refractivity contribution in [3.8, 4) is 10.4 Å². The molecule has 3 heterocycles. The number of likely N-dealkylation sites (tertiary alicyclic amines) is 1. The number of amides is 1. The maximum Gasteiger partial charge on any atom is 0.490 e. The summed E-state index contributed by atoms with van der Waals surface area (Å²) in [7, 11) is 0. The van der Waals surface area contributed by atoms with Crippen LogP contribution >= 0.6 is 22.7 Å². The van der Waals surface area contributed by atoms with Gasteiger partial charge in [-0.15, -0.1) is 11.3 Å². The number of alkyl halides is 6. The molecule has 0 atom stereocenters. The Morgan fingerprint density at radius 1 is 1.03 bits per heavy atom. The molecule has 37 heavy (non-hydrogen) atoms. The maximum atomic E-state index is 12.9. The molecule has 4 rings (SSSR count). The molecule has 1 aliphatic rings. The largest absolute Gasteiger partial charge is 0.490 e. The van der Waals surface area contributed by atoms with E-state index < -0.39 is 23.9 Å². The zero-order chi connectivity index (χ0) is 27.2. The van der Waals surface area contributed by atoms with Gasteiger partial charge in [-0.25, -0.2) is 4.79 Å². The van der Waals surface area contributed by atoms with Crippen LogP contribution in [-0.2, 0) is 17.5 Å². The van der Waals surface area contributed by atoms with Gasteiger partial charge in [-0.3, -0.25) is 9.69 Å². The van der Waals surface area contributed by atoms with Gasteiger partial charge in [0.25, 0.3) is 5.91 Å². The smallest absolute Gasteiger partial charge is 0.475 e. The van der Waals surface area contributed by atoms with Crippen molar-refractivity contribution < 1.29 is 41.0 Å². The van der Waals surface area contributed by atoms with Crippen LogP contribution in [0.3, 0.4) is 0 Å². The van der Waals surface area contributed by atoms with Crippen molar-refractivity contribution in [2.75, 3.05) is 13.1 Å². The van der Waals surface area contributed by atoms with Crippen molar-refractivity contribution >= 4 is 34.6 Å². The van der Waals surface area contributed by atoms with E-state index in [1.165, 1.54) is 23.0 Å². The normalized spacial score (nSPS) is 15.1. The number of halogens is 6. The second-order valence-corrected chi connectivity index (χ2v) is 10.1. The lowest BCUT2D eigenvalue weighted by molar-refractivity contribution is -0.192. The molecule has 0 spiro atoms. The van der Waals surface area contributed by atoms with E-state index in [0.29, 0.717) is 15.3 Å². The molecule has 2 N–H and O–H groups in total. The first kappa shape index (κ1) is 28.7. The van der Waals surface area contributed by atoms with Crippen LogP contribution in [0.5, 0.6) is 0 Å². The second kappa shape index (κ2) is 12.1. The highest BCUT2D eigenvalue weighted by molar-refractivity contribution is 7.17. The SMILES string of the molecule is O=C(NC1CCN(Cc2ccsc2)CC1)c1ccc(-c2cccc(C(F)(F)F)c2)s1.O=C(O)C(F)(F)F. The topological polar surface area (TPSA) is 69.6 Å². The van der Waals surface area contributed by atoms with E-state index in [0.717, 1.165) is 44.6 Å². The Balaban J connectivity index is 0.000000479. The fourth-order valence-corrected chi connectivity index (χ4v) is 5.16. The zero-order valence-corrected chi connectivity index (χ0v) is 20.7. The average Bonchev–Trinajstić information content (AvgIpc) is 3.52. The third-order valence-electron chi connectivity index (χ3n) is 5.46. The first-order chi connectivity index (χ1) is 17.3. The fourth-order valence-electron chi connectivity index (χ4n) is 3.60. The number of carboxylic acids is 1. The predicted molar refractivity (Wildman–Crippen MR) is 129 cm³/mol. The summed E-state index contributed by atoms with van der Waals surface area (Å²) in [5, 5.41) is 14.4. The molecule has 0 bridgehead atoms. The van der Waals surface area contributed by atoms with E-state index in [4.69, 9.17) is 9.90 Å². The predicted octanol–water partition coefficient (Wildman–Crippen LogP) is 6.52. The van der Waals surface area contributed by atoms with Gasteiger partial charge in [0.1, 0.15) is 0 Å². The zero-order valence-electron chi connectivity index (χ0n) is 19.1. The number of carbonyl (C=O) groups is 2. The number of thiophene rings is 2. The maximum absolute atomic E-state index is 12.9. The average molecular weight is 565 g/mol. The highest BCUT2D eigenvalue weighted by atomic mass is 32.1. The number of hydrogen-bond donors (Lipinski definition) is 2. The number of aliphatic carboxylic acids is 1. The van der Waals surface area contributed by atoms with Crippen molar-refractivity contribution in [1.29, 1.82) is 0 Å². The van der Waals surface area contributed by atoms with Crippen LogP contribution in [0.25, 0.3) is 10.4 Å². The van der Waals surface area contributed by atoms with Crippen LogP contribution < -0.4 is 5.32 Å². The summed E-state index contributed by atoms with van der Waals surface area (Å²) < 4.78 is 70.6. The van der Waals surface area contributed by atoms with Gasteiger partial charge >= 0.3 is 18.3 Å². The van der Waals surface area contributed by atoms with Crippen molar-refractivity contribution in [1.82, 2.24) is 10.2 Å².